The fourth-order valence-electron chi connectivity index (χ4n) is 3.49. The van der Waals surface area contributed by atoms with Crippen LogP contribution in [0.3, 0.4) is 0 Å². The minimum atomic E-state index is -0.350. The summed E-state index contributed by atoms with van der Waals surface area (Å²) in [5.41, 5.74) is 5.40. The Kier molecular flexibility index (Phi) is 8.09. The van der Waals surface area contributed by atoms with Gasteiger partial charge in [-0.2, -0.15) is 4.80 Å². The molecule has 4 aromatic rings. The lowest BCUT2D eigenvalue weighted by Gasteiger charge is -2.12. The van der Waals surface area contributed by atoms with E-state index in [4.69, 9.17) is 17.0 Å². The lowest BCUT2D eigenvalue weighted by Crippen LogP contribution is -2.37. The minimum absolute atomic E-state index is 0.146. The van der Waals surface area contributed by atoms with Crippen molar-refractivity contribution in [1.82, 2.24) is 20.3 Å². The zero-order chi connectivity index (χ0) is 24.8. The fraction of sp³-hybridized carbons (Fsp3) is 0.231. The van der Waals surface area contributed by atoms with E-state index in [1.807, 2.05) is 43.3 Å². The number of carbonyl (C=O) groups is 1. The number of nitrogens with one attached hydrogen (secondary N) is 2. The number of fused-ring (bicyclic) bond motifs is 1. The van der Waals surface area contributed by atoms with Crippen molar-refractivity contribution in [3.8, 4) is 11.4 Å². The Hall–Kier alpha value is -3.30. The van der Waals surface area contributed by atoms with Crippen molar-refractivity contribution < 1.29 is 9.53 Å². The molecule has 1 amide bonds. The molecular weight excluding hydrogens is 526 g/mol. The van der Waals surface area contributed by atoms with Crippen molar-refractivity contribution in [2.75, 3.05) is 11.9 Å². The topological polar surface area (TPSA) is 81.1 Å². The highest BCUT2D eigenvalue weighted by molar-refractivity contribution is 9.10. The third kappa shape index (κ3) is 6.64. The van der Waals surface area contributed by atoms with E-state index in [9.17, 15) is 4.79 Å². The van der Waals surface area contributed by atoms with Gasteiger partial charge in [-0.05, 0) is 91.6 Å². The second-order valence-electron chi connectivity index (χ2n) is 8.16. The molecule has 0 aliphatic carbocycles. The second kappa shape index (κ2) is 11.4. The molecule has 180 valence electrons. The van der Waals surface area contributed by atoms with E-state index in [-0.39, 0.29) is 17.6 Å². The van der Waals surface area contributed by atoms with E-state index in [0.717, 1.165) is 38.9 Å². The first-order valence-electron chi connectivity index (χ1n) is 11.4. The highest BCUT2D eigenvalue weighted by atomic mass is 79.9. The predicted molar refractivity (Wildman–Crippen MR) is 146 cm³/mol. The third-order valence-electron chi connectivity index (χ3n) is 5.40. The maximum Gasteiger partial charge on any atom is 0.264 e. The second-order valence-corrected chi connectivity index (χ2v) is 9.48. The van der Waals surface area contributed by atoms with Gasteiger partial charge in [0.05, 0.1) is 5.69 Å². The monoisotopic (exact) mass is 551 g/mol. The number of carbonyl (C=O) groups excluding carboxylic acids is 1. The number of nitrogens with zero attached hydrogens (tertiary/aromatic N) is 3. The van der Waals surface area contributed by atoms with Gasteiger partial charge in [0.25, 0.3) is 5.91 Å². The Morgan fingerprint density at radius 1 is 1.06 bits per heavy atom. The van der Waals surface area contributed by atoms with Crippen LogP contribution in [0.5, 0.6) is 5.75 Å². The molecule has 0 saturated heterocycles. The Labute approximate surface area is 218 Å². The van der Waals surface area contributed by atoms with Gasteiger partial charge in [0, 0.05) is 10.2 Å². The normalized spacial score (nSPS) is 10.8. The average molecular weight is 552 g/mol. The van der Waals surface area contributed by atoms with Crippen LogP contribution in [0, 0.1) is 6.92 Å². The van der Waals surface area contributed by atoms with E-state index in [1.165, 1.54) is 18.4 Å². The van der Waals surface area contributed by atoms with E-state index in [1.54, 1.807) is 16.9 Å². The van der Waals surface area contributed by atoms with Crippen LogP contribution in [0.4, 0.5) is 5.69 Å². The molecule has 0 radical (unpaired) electrons. The number of hydrogen-bond donors (Lipinski definition) is 2. The van der Waals surface area contributed by atoms with Crippen LogP contribution in [-0.2, 0) is 11.2 Å². The van der Waals surface area contributed by atoms with Gasteiger partial charge in [0.2, 0.25) is 0 Å². The molecule has 2 N–H and O–H groups in total. The van der Waals surface area contributed by atoms with Gasteiger partial charge in [0.15, 0.2) is 11.7 Å². The standard InChI is InChI=1S/C26H26BrN5O2S/c1-3-4-5-18-6-10-20(11-7-18)32-30-23-14-17(2)22(15-24(23)31-32)28-26(35)29-25(33)16-34-21-12-8-19(27)9-13-21/h6-15H,3-5,16H2,1-2H3,(H2,28,29,33,35). The zero-order valence-corrected chi connectivity index (χ0v) is 21.9. The number of anilines is 1. The SMILES string of the molecule is CCCCc1ccc(-n2nc3cc(C)c(NC(=S)NC(=O)COc4ccc(Br)cc4)cc3n2)cc1. The van der Waals surface area contributed by atoms with Crippen molar-refractivity contribution in [2.45, 2.75) is 33.1 Å². The highest BCUT2D eigenvalue weighted by Crippen LogP contribution is 2.22. The quantitative estimate of drug-likeness (QED) is 0.272. The number of hydrogen-bond acceptors (Lipinski definition) is 5. The number of thiocarbonyl (C=S) groups is 1. The van der Waals surface area contributed by atoms with Gasteiger partial charge in [-0.25, -0.2) is 0 Å². The first-order chi connectivity index (χ1) is 16.9. The highest BCUT2D eigenvalue weighted by Gasteiger charge is 2.11. The fourth-order valence-corrected chi connectivity index (χ4v) is 3.98. The van der Waals surface area contributed by atoms with Crippen molar-refractivity contribution >= 4 is 55.9 Å². The summed E-state index contributed by atoms with van der Waals surface area (Å²) in [5, 5.41) is 15.1. The predicted octanol–water partition coefficient (Wildman–Crippen LogP) is 5.73. The van der Waals surface area contributed by atoms with Crippen LogP contribution in [0.25, 0.3) is 16.7 Å². The molecule has 1 aromatic heterocycles. The largest absolute Gasteiger partial charge is 0.484 e. The van der Waals surface area contributed by atoms with Crippen molar-refractivity contribution in [1.29, 1.82) is 0 Å². The van der Waals surface area contributed by atoms with Crippen LogP contribution < -0.4 is 15.4 Å². The number of benzene rings is 3. The summed E-state index contributed by atoms with van der Waals surface area (Å²) in [6, 6.07) is 19.4. The number of rotatable bonds is 8. The van der Waals surface area contributed by atoms with Gasteiger partial charge in [-0.3, -0.25) is 10.1 Å². The van der Waals surface area contributed by atoms with Crippen molar-refractivity contribution in [3.05, 3.63) is 76.3 Å². The van der Waals surface area contributed by atoms with Gasteiger partial charge < -0.3 is 10.1 Å². The smallest absolute Gasteiger partial charge is 0.264 e. The van der Waals surface area contributed by atoms with Crippen LogP contribution in [0.1, 0.15) is 30.9 Å². The Morgan fingerprint density at radius 2 is 1.74 bits per heavy atom. The first-order valence-corrected chi connectivity index (χ1v) is 12.6. The molecule has 35 heavy (non-hydrogen) atoms. The van der Waals surface area contributed by atoms with E-state index in [2.05, 4.69) is 55.8 Å². The summed E-state index contributed by atoms with van der Waals surface area (Å²) in [5.74, 6) is 0.250. The van der Waals surface area contributed by atoms with Gasteiger partial charge in [-0.1, -0.05) is 41.4 Å². The summed E-state index contributed by atoms with van der Waals surface area (Å²) in [4.78, 5) is 13.9. The van der Waals surface area contributed by atoms with E-state index >= 15 is 0 Å². The summed E-state index contributed by atoms with van der Waals surface area (Å²) < 4.78 is 6.42. The Balaban J connectivity index is 1.39. The molecule has 9 heteroatoms. The summed E-state index contributed by atoms with van der Waals surface area (Å²) >= 11 is 8.68. The maximum atomic E-state index is 12.2. The molecule has 4 rings (SSSR count). The number of unbranched alkanes of at least 4 members (excludes halogenated alkanes) is 1. The maximum absolute atomic E-state index is 12.2. The average Bonchev–Trinajstić information content (AvgIpc) is 3.25. The summed E-state index contributed by atoms with van der Waals surface area (Å²) in [6.45, 7) is 4.00. The Morgan fingerprint density at radius 3 is 2.43 bits per heavy atom. The van der Waals surface area contributed by atoms with Crippen LogP contribution in [0.15, 0.2) is 65.1 Å². The first kappa shape index (κ1) is 24.8. The lowest BCUT2D eigenvalue weighted by molar-refractivity contribution is -0.121. The minimum Gasteiger partial charge on any atom is -0.484 e. The zero-order valence-electron chi connectivity index (χ0n) is 19.5. The molecule has 0 fully saturated rings. The molecule has 0 spiro atoms. The number of amides is 1. The van der Waals surface area contributed by atoms with Gasteiger partial charge >= 0.3 is 0 Å². The molecule has 1 heterocycles. The molecule has 0 bridgehead atoms. The van der Waals surface area contributed by atoms with Crippen LogP contribution in [0.2, 0.25) is 0 Å². The number of aryl methyl sites for hydroxylation is 2. The summed E-state index contributed by atoms with van der Waals surface area (Å²) in [7, 11) is 0. The third-order valence-corrected chi connectivity index (χ3v) is 6.13. The van der Waals surface area contributed by atoms with E-state index in [0.29, 0.717) is 5.75 Å². The van der Waals surface area contributed by atoms with Crippen LogP contribution in [-0.4, -0.2) is 32.6 Å². The molecular formula is C26H26BrN5O2S. The lowest BCUT2D eigenvalue weighted by atomic mass is 10.1. The van der Waals surface area contributed by atoms with E-state index < -0.39 is 0 Å². The summed E-state index contributed by atoms with van der Waals surface area (Å²) in [6.07, 6.45) is 3.43. The van der Waals surface area contributed by atoms with Gasteiger partial charge in [0.1, 0.15) is 16.8 Å². The van der Waals surface area contributed by atoms with Crippen LogP contribution >= 0.6 is 28.1 Å². The van der Waals surface area contributed by atoms with Crippen molar-refractivity contribution in [3.63, 3.8) is 0 Å². The molecule has 7 nitrogen and oxygen atoms in total. The molecule has 3 aromatic carbocycles. The van der Waals surface area contributed by atoms with Crippen molar-refractivity contribution in [2.24, 2.45) is 0 Å². The Bertz CT molecular complexity index is 1340. The number of ether oxygens (including phenoxy) is 1. The number of aromatic nitrogens is 3. The molecule has 0 unspecified atom stereocenters. The molecule has 0 saturated carbocycles. The molecule has 0 aliphatic heterocycles. The number of halogens is 1. The molecule has 0 atom stereocenters. The molecule has 0 aliphatic rings. The van der Waals surface area contributed by atoms with Gasteiger partial charge in [-0.15, -0.1) is 10.2 Å².